The third-order valence-electron chi connectivity index (χ3n) is 15.9. The van der Waals surface area contributed by atoms with E-state index in [9.17, 15) is 24.3 Å². The van der Waals surface area contributed by atoms with E-state index in [2.05, 4.69) is 98.8 Å². The number of carboxylic acids is 1. The molecule has 0 aromatic heterocycles. The summed E-state index contributed by atoms with van der Waals surface area (Å²) in [7, 11) is 3.27. The molecule has 0 bridgehead atoms. The summed E-state index contributed by atoms with van der Waals surface area (Å²) < 4.78 is 10.3. The first kappa shape index (κ1) is 72.9. The number of ketones is 3. The first-order chi connectivity index (χ1) is 41.7. The van der Waals surface area contributed by atoms with E-state index >= 15 is 0 Å². The molecule has 0 heterocycles. The average Bonchev–Trinajstić information content (AvgIpc) is 3.73. The number of allylic oxidation sites excluding steroid dienone is 3. The number of ether oxygens (including phenoxy) is 2. The van der Waals surface area contributed by atoms with Gasteiger partial charge in [-0.05, 0) is 209 Å². The standard InChI is InChI=1S/2C11H12O2.C11H12O.2C11H12.C10H13NO2.C10H10O.C2H6.Na.H2O/c1-13-11-7-3-4-8-9(11)5-2-6-10(8)12;1-13-9-6-5-8-3-2-4-11(12)10(8)7-9;1-8-5-6-9-3-2-4-11(12)10(9)7-8;2*1-9-5-4-7-10-6-2-3-8-11(9)10;11-9-6-4-8(5-7-9)2-1-3-10(12)13;11-10-7-3-5-8-4-1-2-6-9(8)10;1-2;;/h3-4,7H,2,5-6H2,1H3;5-7H,2-4H2,1H3;5-7H,2-4H2,1H3;2*2,4-7H,3,8H2,1H3;4-7H,1-3,11H2,(H,12,13);1,3-5,7,11H,2,6H2;1-2H3;;1H2/q;;;;;;;;+1;/p-1. The predicted octanol–water partition coefficient (Wildman–Crippen LogP) is 14.7. The van der Waals surface area contributed by atoms with E-state index in [0.29, 0.717) is 30.8 Å². The molecule has 5 N–H and O–H groups in total. The van der Waals surface area contributed by atoms with Crippen LogP contribution in [-0.4, -0.2) is 53.2 Å². The number of nitrogen functional groups attached to an aromatic ring is 1. The Hall–Kier alpha value is -7.60. The summed E-state index contributed by atoms with van der Waals surface area (Å²) in [6.45, 7) is 10.4. The number of hydrogen-bond acceptors (Lipinski definition) is 9. The number of anilines is 1. The Morgan fingerprint density at radius 1 is 0.511 bits per heavy atom. The fraction of sp³-hybridized carbons (Fsp3) is 0.325. The number of carbonyl (C=O) groups excluding carboxylic acids is 3. The summed E-state index contributed by atoms with van der Waals surface area (Å²) in [5.74, 6) is 2.14. The van der Waals surface area contributed by atoms with E-state index in [1.165, 1.54) is 70.2 Å². The van der Waals surface area contributed by atoms with Crippen molar-refractivity contribution in [2.75, 3.05) is 20.0 Å². The van der Waals surface area contributed by atoms with E-state index in [1.54, 1.807) is 20.3 Å². The van der Waals surface area contributed by atoms with Gasteiger partial charge in [-0.2, -0.15) is 0 Å². The number of carbonyl (C=O) groups is 4. The number of phenolic OH excluding ortho intramolecular Hbond substituents is 1. The summed E-state index contributed by atoms with van der Waals surface area (Å²) in [5, 5.41) is 17.8. The Bertz CT molecular complexity index is 3320. The normalized spacial score (nSPS) is 13.7. The molecule has 7 aromatic carbocycles. The number of fused-ring (bicyclic) bond motifs is 6. The molecule has 0 spiro atoms. The Morgan fingerprint density at radius 2 is 0.989 bits per heavy atom. The van der Waals surface area contributed by atoms with Gasteiger partial charge in [0.25, 0.3) is 0 Å². The van der Waals surface area contributed by atoms with Crippen LogP contribution < -0.4 is 44.8 Å². The topological polar surface area (TPSA) is 183 Å². The molecule has 0 saturated carbocycles. The molecule has 11 heteroatoms. The molecule has 6 aliphatic rings. The maximum atomic E-state index is 11.5. The third-order valence-corrected chi connectivity index (χ3v) is 15.9. The second-order valence-corrected chi connectivity index (χ2v) is 21.9. The number of benzene rings is 7. The van der Waals surface area contributed by atoms with Crippen molar-refractivity contribution in [2.24, 2.45) is 0 Å². The number of aliphatic carboxylic acids is 1. The Balaban J connectivity index is 0.000000218. The zero-order chi connectivity index (χ0) is 61.8. The monoisotopic (exact) mass is 1200 g/mol. The van der Waals surface area contributed by atoms with Crippen LogP contribution in [0, 0.1) is 20.8 Å². The summed E-state index contributed by atoms with van der Waals surface area (Å²) >= 11 is 0. The number of nitrogens with two attached hydrogens (primary N) is 1. The number of aromatic hydroxyl groups is 1. The molecule has 0 amide bonds. The summed E-state index contributed by atoms with van der Waals surface area (Å²) in [5.41, 5.74) is 25.7. The molecule has 7 aromatic rings. The minimum Gasteiger partial charge on any atom is -0.870 e. The maximum Gasteiger partial charge on any atom is 1.00 e. The van der Waals surface area contributed by atoms with Crippen molar-refractivity contribution in [1.29, 1.82) is 0 Å². The smallest absolute Gasteiger partial charge is 0.870 e. The fourth-order valence-electron chi connectivity index (χ4n) is 11.2. The van der Waals surface area contributed by atoms with Gasteiger partial charge in [-0.25, -0.2) is 0 Å². The molecule has 6 aliphatic carbocycles. The van der Waals surface area contributed by atoms with Crippen molar-refractivity contribution in [3.8, 4) is 17.2 Å². The first-order valence-corrected chi connectivity index (χ1v) is 30.8. The van der Waals surface area contributed by atoms with Gasteiger partial charge < -0.3 is 30.9 Å². The minimum atomic E-state index is -0.740. The van der Waals surface area contributed by atoms with Crippen molar-refractivity contribution in [3.05, 3.63) is 241 Å². The van der Waals surface area contributed by atoms with Gasteiger partial charge in [0.05, 0.1) is 14.2 Å². The largest absolute Gasteiger partial charge is 1.00 e. The van der Waals surface area contributed by atoms with Crippen molar-refractivity contribution >= 4 is 47.2 Å². The van der Waals surface area contributed by atoms with Crippen LogP contribution in [0.15, 0.2) is 152 Å². The van der Waals surface area contributed by atoms with Gasteiger partial charge in [0.2, 0.25) is 0 Å². The predicted molar refractivity (Wildman–Crippen MR) is 356 cm³/mol. The van der Waals surface area contributed by atoms with Gasteiger partial charge in [-0.15, -0.1) is 0 Å². The van der Waals surface area contributed by atoms with E-state index < -0.39 is 5.97 Å². The number of hydrogen-bond donors (Lipinski definition) is 3. The number of methoxy groups -OCH3 is 2. The second-order valence-electron chi connectivity index (χ2n) is 21.9. The van der Waals surface area contributed by atoms with E-state index in [4.69, 9.17) is 20.3 Å². The summed E-state index contributed by atoms with van der Waals surface area (Å²) in [4.78, 5) is 44.7. The molecule has 0 radical (unpaired) electrons. The number of carboxylic acid groups (broad SMARTS) is 1. The molecular formula is C77H90NNaO9. The van der Waals surface area contributed by atoms with Crippen molar-refractivity contribution < 1.29 is 73.9 Å². The van der Waals surface area contributed by atoms with Gasteiger partial charge in [-0.3, -0.25) is 19.2 Å². The van der Waals surface area contributed by atoms with Crippen LogP contribution in [0.5, 0.6) is 17.2 Å². The molecule has 0 atom stereocenters. The van der Waals surface area contributed by atoms with Gasteiger partial charge in [0, 0.05) is 59.2 Å². The number of Topliss-reactive ketones (excluding diaryl/α,β-unsaturated/α-hetero) is 3. The quantitative estimate of drug-likeness (QED) is 0.107. The van der Waals surface area contributed by atoms with Gasteiger partial charge >= 0.3 is 35.5 Å². The Labute approximate surface area is 545 Å². The van der Waals surface area contributed by atoms with Gasteiger partial charge in [0.1, 0.15) is 17.2 Å². The Morgan fingerprint density at radius 3 is 1.50 bits per heavy atom. The van der Waals surface area contributed by atoms with E-state index in [-0.39, 0.29) is 53.0 Å². The first-order valence-electron chi connectivity index (χ1n) is 30.8. The van der Waals surface area contributed by atoms with Gasteiger partial charge in [-0.1, -0.05) is 147 Å². The summed E-state index contributed by atoms with van der Waals surface area (Å²) in [6, 6.07) is 43.8. The van der Waals surface area contributed by atoms with Crippen LogP contribution in [0.2, 0.25) is 0 Å². The van der Waals surface area contributed by atoms with Crippen LogP contribution in [-0.2, 0) is 49.7 Å². The molecule has 0 saturated heterocycles. The van der Waals surface area contributed by atoms with Crippen LogP contribution in [0.4, 0.5) is 5.69 Å². The number of phenols is 1. The van der Waals surface area contributed by atoms with Crippen LogP contribution in [0.3, 0.4) is 0 Å². The van der Waals surface area contributed by atoms with Crippen molar-refractivity contribution in [3.63, 3.8) is 0 Å². The molecule has 88 heavy (non-hydrogen) atoms. The molecule has 458 valence electrons. The molecular weight excluding hydrogens is 1110 g/mol. The SMILES string of the molecule is CC.COc1ccc2c(c1)C(=O)CCC2.COc1cccc2c1CCCC2=O.Cc1ccc2c(c1)C(=O)CCC2.Cc1cccc2c1CCC=C2.Cc1cccc2c1CCC=C2.Nc1ccc(CCCC(=O)O)cc1.Oc1cccc2c1CCC=C2.[Na+].[OH-]. The second kappa shape index (κ2) is 38.6. The summed E-state index contributed by atoms with van der Waals surface area (Å²) in [6.07, 6.45) is 29.8. The van der Waals surface area contributed by atoms with Crippen molar-refractivity contribution in [1.82, 2.24) is 0 Å². The zero-order valence-electron chi connectivity index (χ0n) is 53.3. The van der Waals surface area contributed by atoms with Crippen LogP contribution >= 0.6 is 0 Å². The maximum absolute atomic E-state index is 11.5. The van der Waals surface area contributed by atoms with Crippen LogP contribution in [0.1, 0.15) is 188 Å². The van der Waals surface area contributed by atoms with E-state index in [1.807, 2.05) is 99.6 Å². The van der Waals surface area contributed by atoms with Gasteiger partial charge in [0.15, 0.2) is 17.3 Å². The zero-order valence-corrected chi connectivity index (χ0v) is 55.3. The molecule has 13 rings (SSSR count). The minimum absolute atomic E-state index is 0. The molecule has 0 fully saturated rings. The van der Waals surface area contributed by atoms with Crippen molar-refractivity contribution in [2.45, 2.75) is 150 Å². The third kappa shape index (κ3) is 22.2. The molecule has 10 nitrogen and oxygen atoms in total. The molecule has 0 unspecified atom stereocenters. The average molecular weight is 1200 g/mol. The van der Waals surface area contributed by atoms with E-state index in [0.717, 1.165) is 126 Å². The number of rotatable bonds is 6. The molecule has 0 aliphatic heterocycles. The number of aryl methyl sites for hydroxylation is 6. The van der Waals surface area contributed by atoms with Crippen LogP contribution in [0.25, 0.3) is 18.2 Å². The Kier molecular flexibility index (Phi) is 32.0. The fourth-order valence-corrected chi connectivity index (χ4v) is 11.2.